The fraction of sp³-hybridized carbons (Fsp3) is 0.667. The van der Waals surface area contributed by atoms with Crippen molar-refractivity contribution in [1.82, 2.24) is 0 Å². The molecule has 1 saturated heterocycles. The quantitative estimate of drug-likeness (QED) is 0.639. The average Bonchev–Trinajstić information content (AvgIpc) is 2.85. The van der Waals surface area contributed by atoms with Crippen molar-refractivity contribution in [1.29, 1.82) is 0 Å². The second-order valence-corrected chi connectivity index (χ2v) is 4.41. The molecule has 0 bridgehead atoms. The normalized spacial score (nSPS) is 39.4. The van der Waals surface area contributed by atoms with E-state index in [4.69, 9.17) is 9.47 Å². The molecule has 0 aromatic rings. The van der Waals surface area contributed by atoms with E-state index in [1.165, 1.54) is 18.4 Å². The van der Waals surface area contributed by atoms with E-state index in [0.29, 0.717) is 18.3 Å². The standard InChI is InChI=1S/C12H16O2/c1-2-4-9(5-3-1)8-13-10-6-11-12(7-10)14-11/h1-2,4,10-12H,3,5-8H2. The average molecular weight is 192 g/mol. The summed E-state index contributed by atoms with van der Waals surface area (Å²) < 4.78 is 11.2. The zero-order valence-corrected chi connectivity index (χ0v) is 8.32. The molecule has 3 aliphatic rings. The molecule has 2 fully saturated rings. The molecule has 0 amide bonds. The van der Waals surface area contributed by atoms with Gasteiger partial charge in [0, 0.05) is 12.8 Å². The lowest BCUT2D eigenvalue weighted by molar-refractivity contribution is 0.0462. The predicted octanol–water partition coefficient (Wildman–Crippen LogP) is 2.21. The molecular weight excluding hydrogens is 176 g/mol. The molecule has 0 aromatic heterocycles. The maximum Gasteiger partial charge on any atom is 0.0867 e. The molecule has 2 aliphatic carbocycles. The van der Waals surface area contributed by atoms with Crippen molar-refractivity contribution in [3.63, 3.8) is 0 Å². The summed E-state index contributed by atoms with van der Waals surface area (Å²) in [5, 5.41) is 0. The highest BCUT2D eigenvalue weighted by Crippen LogP contribution is 2.39. The van der Waals surface area contributed by atoms with E-state index in [2.05, 4.69) is 18.2 Å². The number of hydrogen-bond donors (Lipinski definition) is 0. The van der Waals surface area contributed by atoms with Crippen molar-refractivity contribution < 1.29 is 9.47 Å². The van der Waals surface area contributed by atoms with Gasteiger partial charge in [-0.05, 0) is 18.4 Å². The van der Waals surface area contributed by atoms with Crippen LogP contribution in [-0.2, 0) is 9.47 Å². The van der Waals surface area contributed by atoms with Gasteiger partial charge in [-0.25, -0.2) is 0 Å². The van der Waals surface area contributed by atoms with Gasteiger partial charge in [-0.1, -0.05) is 18.2 Å². The van der Waals surface area contributed by atoms with E-state index in [1.807, 2.05) is 0 Å². The molecule has 2 heteroatoms. The summed E-state index contributed by atoms with van der Waals surface area (Å²) in [5.74, 6) is 0. The van der Waals surface area contributed by atoms with Crippen molar-refractivity contribution in [2.75, 3.05) is 6.61 Å². The second-order valence-electron chi connectivity index (χ2n) is 4.41. The summed E-state index contributed by atoms with van der Waals surface area (Å²) >= 11 is 0. The van der Waals surface area contributed by atoms with E-state index >= 15 is 0 Å². The Morgan fingerprint density at radius 1 is 1.36 bits per heavy atom. The molecule has 0 spiro atoms. The number of fused-ring (bicyclic) bond motifs is 1. The molecule has 3 rings (SSSR count). The van der Waals surface area contributed by atoms with Crippen LogP contribution in [0.2, 0.25) is 0 Å². The Labute approximate surface area is 84.6 Å². The molecule has 1 aliphatic heterocycles. The van der Waals surface area contributed by atoms with Crippen LogP contribution in [0.4, 0.5) is 0 Å². The highest BCUT2D eigenvalue weighted by atomic mass is 16.6. The van der Waals surface area contributed by atoms with E-state index in [0.717, 1.165) is 19.4 Å². The monoisotopic (exact) mass is 192 g/mol. The number of ether oxygens (including phenoxy) is 2. The topological polar surface area (TPSA) is 21.8 Å². The van der Waals surface area contributed by atoms with E-state index in [9.17, 15) is 0 Å². The summed E-state index contributed by atoms with van der Waals surface area (Å²) in [5.41, 5.74) is 1.44. The Hall–Kier alpha value is -0.600. The smallest absolute Gasteiger partial charge is 0.0867 e. The molecule has 1 heterocycles. The molecule has 0 aromatic carbocycles. The lowest BCUT2D eigenvalue weighted by Gasteiger charge is -2.15. The molecule has 1 saturated carbocycles. The Balaban J connectivity index is 1.45. The first-order valence-corrected chi connectivity index (χ1v) is 5.53. The van der Waals surface area contributed by atoms with Crippen molar-refractivity contribution >= 4 is 0 Å². The van der Waals surface area contributed by atoms with Crippen LogP contribution < -0.4 is 0 Å². The minimum Gasteiger partial charge on any atom is -0.374 e. The Morgan fingerprint density at radius 2 is 2.21 bits per heavy atom. The molecule has 0 N–H and O–H groups in total. The van der Waals surface area contributed by atoms with Crippen LogP contribution >= 0.6 is 0 Å². The van der Waals surface area contributed by atoms with Crippen LogP contribution in [-0.4, -0.2) is 24.9 Å². The number of hydrogen-bond acceptors (Lipinski definition) is 2. The zero-order chi connectivity index (χ0) is 9.38. The number of allylic oxidation sites excluding steroid dienone is 3. The van der Waals surface area contributed by atoms with Gasteiger partial charge >= 0.3 is 0 Å². The zero-order valence-electron chi connectivity index (χ0n) is 8.32. The van der Waals surface area contributed by atoms with Crippen LogP contribution in [0, 0.1) is 0 Å². The van der Waals surface area contributed by atoms with Crippen LogP contribution in [0.15, 0.2) is 23.8 Å². The largest absolute Gasteiger partial charge is 0.374 e. The second kappa shape index (κ2) is 3.52. The van der Waals surface area contributed by atoms with E-state index in [1.54, 1.807) is 0 Å². The van der Waals surface area contributed by atoms with E-state index < -0.39 is 0 Å². The fourth-order valence-corrected chi connectivity index (χ4v) is 2.34. The molecule has 2 unspecified atom stereocenters. The molecule has 2 nitrogen and oxygen atoms in total. The van der Waals surface area contributed by atoms with Gasteiger partial charge in [0.1, 0.15) is 0 Å². The number of epoxide rings is 1. The van der Waals surface area contributed by atoms with Crippen LogP contribution in [0.5, 0.6) is 0 Å². The van der Waals surface area contributed by atoms with Gasteiger partial charge in [-0.15, -0.1) is 0 Å². The van der Waals surface area contributed by atoms with Crippen molar-refractivity contribution in [3.8, 4) is 0 Å². The van der Waals surface area contributed by atoms with Crippen LogP contribution in [0.1, 0.15) is 25.7 Å². The third kappa shape index (κ3) is 1.77. The summed E-state index contributed by atoms with van der Waals surface area (Å²) in [4.78, 5) is 0. The van der Waals surface area contributed by atoms with E-state index in [-0.39, 0.29) is 0 Å². The summed E-state index contributed by atoms with van der Waals surface area (Å²) in [6, 6.07) is 0. The maximum atomic E-state index is 5.86. The fourth-order valence-electron chi connectivity index (χ4n) is 2.34. The third-order valence-electron chi connectivity index (χ3n) is 3.28. The molecule has 2 atom stereocenters. The van der Waals surface area contributed by atoms with Gasteiger partial charge in [-0.3, -0.25) is 0 Å². The minimum absolute atomic E-state index is 0.463. The minimum atomic E-state index is 0.463. The van der Waals surface area contributed by atoms with Gasteiger partial charge in [0.15, 0.2) is 0 Å². The molecule has 14 heavy (non-hydrogen) atoms. The summed E-state index contributed by atoms with van der Waals surface area (Å²) in [6.45, 7) is 0.828. The summed E-state index contributed by atoms with van der Waals surface area (Å²) in [7, 11) is 0. The first-order chi connectivity index (χ1) is 6.92. The summed E-state index contributed by atoms with van der Waals surface area (Å²) in [6.07, 6.45) is 12.7. The number of rotatable bonds is 3. The van der Waals surface area contributed by atoms with Crippen molar-refractivity contribution in [3.05, 3.63) is 23.8 Å². The van der Waals surface area contributed by atoms with Crippen LogP contribution in [0.25, 0.3) is 0 Å². The van der Waals surface area contributed by atoms with Crippen LogP contribution in [0.3, 0.4) is 0 Å². The van der Waals surface area contributed by atoms with Gasteiger partial charge in [0.2, 0.25) is 0 Å². The van der Waals surface area contributed by atoms with Crippen molar-refractivity contribution in [2.24, 2.45) is 0 Å². The maximum absolute atomic E-state index is 5.86. The molecule has 0 radical (unpaired) electrons. The first kappa shape index (κ1) is 8.69. The molecular formula is C12H16O2. The SMILES string of the molecule is C1=CCCC(COC2CC3OC3C2)=C1. The Kier molecular flexibility index (Phi) is 2.18. The van der Waals surface area contributed by atoms with Gasteiger partial charge in [0.05, 0.1) is 24.9 Å². The Bertz CT molecular complexity index is 270. The molecule has 76 valence electrons. The lowest BCUT2D eigenvalue weighted by Crippen LogP contribution is -2.14. The van der Waals surface area contributed by atoms with Gasteiger partial charge < -0.3 is 9.47 Å². The van der Waals surface area contributed by atoms with Gasteiger partial charge in [-0.2, -0.15) is 0 Å². The van der Waals surface area contributed by atoms with Gasteiger partial charge in [0.25, 0.3) is 0 Å². The lowest BCUT2D eigenvalue weighted by atomic mass is 10.1. The first-order valence-electron chi connectivity index (χ1n) is 5.53. The highest BCUT2D eigenvalue weighted by molar-refractivity contribution is 5.17. The third-order valence-corrected chi connectivity index (χ3v) is 3.28. The predicted molar refractivity (Wildman–Crippen MR) is 54.1 cm³/mol. The Morgan fingerprint density at radius 3 is 2.93 bits per heavy atom. The highest BCUT2D eigenvalue weighted by Gasteiger charge is 2.48. The van der Waals surface area contributed by atoms with Crippen molar-refractivity contribution in [2.45, 2.75) is 44.0 Å².